The van der Waals surface area contributed by atoms with Crippen LogP contribution in [0, 0.1) is 0 Å². The number of hydrogen-bond acceptors (Lipinski definition) is 5. The van der Waals surface area contributed by atoms with E-state index in [0.29, 0.717) is 11.7 Å². The number of nitrogens with two attached hydrogens (primary N) is 1. The number of amides is 1. The summed E-state index contributed by atoms with van der Waals surface area (Å²) in [4.78, 5) is 19.0. The molecule has 1 atom stereocenters. The predicted octanol–water partition coefficient (Wildman–Crippen LogP) is 2.44. The Morgan fingerprint density at radius 3 is 2.96 bits per heavy atom. The zero-order chi connectivity index (χ0) is 16.8. The van der Waals surface area contributed by atoms with Crippen LogP contribution < -0.4 is 11.1 Å². The van der Waals surface area contributed by atoms with Gasteiger partial charge in [-0.25, -0.2) is 4.98 Å². The number of likely N-dealkylation sites (tertiary alicyclic amines) is 1. The smallest absolute Gasteiger partial charge is 0.237 e. The Balaban J connectivity index is 1.43. The van der Waals surface area contributed by atoms with Crippen molar-refractivity contribution in [3.8, 4) is 0 Å². The molecule has 0 radical (unpaired) electrons. The quantitative estimate of drug-likeness (QED) is 0.757. The first-order valence-corrected chi connectivity index (χ1v) is 9.36. The largest absolute Gasteiger partial charge is 0.375 e. The molecule has 128 valence electrons. The van der Waals surface area contributed by atoms with Crippen molar-refractivity contribution in [2.45, 2.75) is 38.3 Å². The monoisotopic (exact) mass is 344 g/mol. The molecule has 0 spiro atoms. The minimum atomic E-state index is 0.000114. The molecular weight excluding hydrogens is 320 g/mol. The van der Waals surface area contributed by atoms with Gasteiger partial charge in [0, 0.05) is 18.5 Å². The van der Waals surface area contributed by atoms with Crippen molar-refractivity contribution in [1.29, 1.82) is 0 Å². The van der Waals surface area contributed by atoms with E-state index in [1.54, 1.807) is 0 Å². The topological polar surface area (TPSA) is 71.2 Å². The Bertz CT molecular complexity index is 658. The highest BCUT2D eigenvalue weighted by Crippen LogP contribution is 2.20. The summed E-state index contributed by atoms with van der Waals surface area (Å²) in [6, 6.07) is 10.4. The second kappa shape index (κ2) is 8.26. The normalized spacial score (nSPS) is 17.9. The van der Waals surface area contributed by atoms with Gasteiger partial charge in [-0.15, -0.1) is 11.3 Å². The Morgan fingerprint density at radius 1 is 1.38 bits per heavy atom. The molecule has 0 aliphatic carbocycles. The Kier molecular flexibility index (Phi) is 5.82. The number of thiazole rings is 1. The van der Waals surface area contributed by atoms with Gasteiger partial charge in [-0.1, -0.05) is 30.3 Å². The lowest BCUT2D eigenvalue weighted by Crippen LogP contribution is -2.43. The molecule has 1 aliphatic heterocycles. The lowest BCUT2D eigenvalue weighted by Gasteiger charge is -2.23. The molecule has 3 rings (SSSR count). The average molecular weight is 344 g/mol. The summed E-state index contributed by atoms with van der Waals surface area (Å²) in [7, 11) is 0. The average Bonchev–Trinajstić information content (AvgIpc) is 3.21. The molecule has 1 amide bonds. The first-order valence-electron chi connectivity index (χ1n) is 8.48. The van der Waals surface area contributed by atoms with Crippen LogP contribution in [-0.4, -0.2) is 34.9 Å². The fourth-order valence-electron chi connectivity index (χ4n) is 3.17. The van der Waals surface area contributed by atoms with Crippen molar-refractivity contribution in [1.82, 2.24) is 15.2 Å². The van der Waals surface area contributed by atoms with Crippen molar-refractivity contribution in [3.05, 3.63) is 47.0 Å². The second-order valence-electron chi connectivity index (χ2n) is 6.19. The Morgan fingerprint density at radius 2 is 2.21 bits per heavy atom. The number of carbonyl (C=O) groups excluding carboxylic acids is 1. The fraction of sp³-hybridized carbons (Fsp3) is 0.444. The van der Waals surface area contributed by atoms with Gasteiger partial charge in [-0.2, -0.15) is 0 Å². The van der Waals surface area contributed by atoms with E-state index in [1.165, 1.54) is 16.9 Å². The summed E-state index contributed by atoms with van der Waals surface area (Å²) >= 11 is 1.46. The van der Waals surface area contributed by atoms with Crippen LogP contribution in [0.4, 0.5) is 5.13 Å². The molecule has 5 nitrogen and oxygen atoms in total. The van der Waals surface area contributed by atoms with E-state index in [-0.39, 0.29) is 11.9 Å². The van der Waals surface area contributed by atoms with Gasteiger partial charge in [0.15, 0.2) is 5.13 Å². The van der Waals surface area contributed by atoms with Crippen molar-refractivity contribution < 1.29 is 4.79 Å². The number of aromatic nitrogens is 1. The van der Waals surface area contributed by atoms with E-state index in [9.17, 15) is 4.79 Å². The van der Waals surface area contributed by atoms with E-state index < -0.39 is 0 Å². The maximum absolute atomic E-state index is 12.5. The van der Waals surface area contributed by atoms with Gasteiger partial charge in [0.25, 0.3) is 0 Å². The number of nitrogens with zero attached hydrogens (tertiary/aromatic N) is 2. The summed E-state index contributed by atoms with van der Waals surface area (Å²) in [6.45, 7) is 2.52. The van der Waals surface area contributed by atoms with Crippen LogP contribution in [0.1, 0.15) is 30.5 Å². The van der Waals surface area contributed by atoms with E-state index in [2.05, 4.69) is 27.3 Å². The maximum atomic E-state index is 12.5. The third-order valence-electron chi connectivity index (χ3n) is 4.37. The number of nitrogens with one attached hydrogen (secondary N) is 1. The lowest BCUT2D eigenvalue weighted by molar-refractivity contribution is -0.125. The standard InChI is InChI=1S/C18H24N4OS/c19-18-21-15(13-24-18)8-4-10-20-17(23)16-9-5-11-22(16)12-14-6-2-1-3-7-14/h1-3,6-7,13,16H,4-5,8-12H2,(H2,19,21)(H,20,23)/t16-/m0/s1. The van der Waals surface area contributed by atoms with Crippen LogP contribution in [-0.2, 0) is 17.8 Å². The second-order valence-corrected chi connectivity index (χ2v) is 7.08. The Hall–Kier alpha value is -1.92. The molecule has 24 heavy (non-hydrogen) atoms. The van der Waals surface area contributed by atoms with Crippen molar-refractivity contribution >= 4 is 22.4 Å². The fourth-order valence-corrected chi connectivity index (χ4v) is 3.76. The molecule has 6 heteroatoms. The first-order chi connectivity index (χ1) is 11.7. The number of nitrogen functional groups attached to an aromatic ring is 1. The Labute approximate surface area is 146 Å². The highest BCUT2D eigenvalue weighted by atomic mass is 32.1. The van der Waals surface area contributed by atoms with E-state index in [1.807, 2.05) is 23.6 Å². The van der Waals surface area contributed by atoms with Crippen molar-refractivity contribution in [2.24, 2.45) is 0 Å². The van der Waals surface area contributed by atoms with E-state index in [4.69, 9.17) is 5.73 Å². The number of anilines is 1. The highest BCUT2D eigenvalue weighted by Gasteiger charge is 2.30. The number of carbonyl (C=O) groups is 1. The van der Waals surface area contributed by atoms with Crippen molar-refractivity contribution in [3.63, 3.8) is 0 Å². The van der Waals surface area contributed by atoms with Crippen molar-refractivity contribution in [2.75, 3.05) is 18.8 Å². The molecule has 0 saturated carbocycles. The molecule has 3 N–H and O–H groups in total. The van der Waals surface area contributed by atoms with Gasteiger partial charge in [0.1, 0.15) is 0 Å². The van der Waals surface area contributed by atoms with Gasteiger partial charge in [0.05, 0.1) is 11.7 Å². The third-order valence-corrected chi connectivity index (χ3v) is 5.10. The summed E-state index contributed by atoms with van der Waals surface area (Å²) in [6.07, 6.45) is 3.77. The van der Waals surface area contributed by atoms with E-state index in [0.717, 1.165) is 44.5 Å². The van der Waals surface area contributed by atoms with Crippen LogP contribution in [0.3, 0.4) is 0 Å². The van der Waals surface area contributed by atoms with E-state index >= 15 is 0 Å². The number of aryl methyl sites for hydroxylation is 1. The summed E-state index contributed by atoms with van der Waals surface area (Å²) < 4.78 is 0. The number of hydrogen-bond donors (Lipinski definition) is 2. The zero-order valence-corrected chi connectivity index (χ0v) is 14.6. The van der Waals surface area contributed by atoms with Gasteiger partial charge < -0.3 is 11.1 Å². The highest BCUT2D eigenvalue weighted by molar-refractivity contribution is 7.13. The molecule has 1 saturated heterocycles. The minimum Gasteiger partial charge on any atom is -0.375 e. The molecule has 0 bridgehead atoms. The van der Waals surface area contributed by atoms with Gasteiger partial charge in [-0.3, -0.25) is 9.69 Å². The van der Waals surface area contributed by atoms with Crippen LogP contribution >= 0.6 is 11.3 Å². The van der Waals surface area contributed by atoms with Crippen LogP contribution in [0.2, 0.25) is 0 Å². The first kappa shape index (κ1) is 16.9. The molecule has 1 aromatic heterocycles. The SMILES string of the molecule is Nc1nc(CCCNC(=O)[C@@H]2CCCN2Cc2ccccc2)cs1. The molecule has 2 heterocycles. The molecular formula is C18H24N4OS. The summed E-state index contributed by atoms with van der Waals surface area (Å²) in [5, 5.41) is 5.67. The van der Waals surface area contributed by atoms with Gasteiger partial charge >= 0.3 is 0 Å². The lowest BCUT2D eigenvalue weighted by atomic mass is 10.1. The molecule has 2 aromatic rings. The minimum absolute atomic E-state index is 0.000114. The molecule has 1 aromatic carbocycles. The van der Waals surface area contributed by atoms with Crippen LogP contribution in [0.5, 0.6) is 0 Å². The zero-order valence-electron chi connectivity index (χ0n) is 13.8. The van der Waals surface area contributed by atoms with Gasteiger partial charge in [-0.05, 0) is 37.8 Å². The maximum Gasteiger partial charge on any atom is 0.237 e. The number of benzene rings is 1. The summed E-state index contributed by atoms with van der Waals surface area (Å²) in [5.41, 5.74) is 7.90. The van der Waals surface area contributed by atoms with Gasteiger partial charge in [0.2, 0.25) is 5.91 Å². The number of rotatable bonds is 7. The van der Waals surface area contributed by atoms with Crippen LogP contribution in [0.15, 0.2) is 35.7 Å². The molecule has 1 fully saturated rings. The summed E-state index contributed by atoms with van der Waals surface area (Å²) in [5.74, 6) is 0.154. The molecule has 1 aliphatic rings. The predicted molar refractivity (Wildman–Crippen MR) is 97.7 cm³/mol. The van der Waals surface area contributed by atoms with Crippen LogP contribution in [0.25, 0.3) is 0 Å². The molecule has 0 unspecified atom stereocenters. The third kappa shape index (κ3) is 4.55.